The molecule has 1 aromatic rings. The van der Waals surface area contributed by atoms with E-state index in [0.29, 0.717) is 5.92 Å². The van der Waals surface area contributed by atoms with E-state index in [-0.39, 0.29) is 6.10 Å². The normalized spacial score (nSPS) is 31.9. The minimum Gasteiger partial charge on any atom is -0.388 e. The average Bonchev–Trinajstić information content (AvgIpc) is 2.95. The zero-order valence-electron chi connectivity index (χ0n) is 11.1. The van der Waals surface area contributed by atoms with E-state index >= 15 is 0 Å². The summed E-state index contributed by atoms with van der Waals surface area (Å²) in [6.45, 7) is 4.07. The molecule has 0 heterocycles. The first-order valence-corrected chi connectivity index (χ1v) is 7.38. The molecular formula is C16H21ClO. The van der Waals surface area contributed by atoms with Crippen molar-refractivity contribution in [1.29, 1.82) is 0 Å². The number of hydrogen-bond acceptors (Lipinski definition) is 1. The number of fused-ring (bicyclic) bond motifs is 2. The van der Waals surface area contributed by atoms with Crippen LogP contribution in [0.3, 0.4) is 0 Å². The van der Waals surface area contributed by atoms with E-state index in [1.807, 2.05) is 13.0 Å². The van der Waals surface area contributed by atoms with Gasteiger partial charge in [-0.2, -0.15) is 0 Å². The quantitative estimate of drug-likeness (QED) is 0.838. The molecular weight excluding hydrogens is 244 g/mol. The predicted octanol–water partition coefficient (Wildman–Crippen LogP) is 4.43. The third kappa shape index (κ3) is 1.98. The highest BCUT2D eigenvalue weighted by molar-refractivity contribution is 6.31. The Hall–Kier alpha value is -0.530. The summed E-state index contributed by atoms with van der Waals surface area (Å²) in [4.78, 5) is 0. The monoisotopic (exact) mass is 264 g/mol. The van der Waals surface area contributed by atoms with Gasteiger partial charge in [0.2, 0.25) is 0 Å². The van der Waals surface area contributed by atoms with Crippen molar-refractivity contribution in [3.8, 4) is 0 Å². The molecule has 0 saturated heterocycles. The summed E-state index contributed by atoms with van der Waals surface area (Å²) in [5.74, 6) is 2.10. The van der Waals surface area contributed by atoms with Crippen molar-refractivity contribution in [2.45, 2.75) is 45.6 Å². The van der Waals surface area contributed by atoms with E-state index in [1.54, 1.807) is 0 Å². The van der Waals surface area contributed by atoms with Crippen LogP contribution in [0.2, 0.25) is 5.02 Å². The van der Waals surface area contributed by atoms with E-state index < -0.39 is 0 Å². The summed E-state index contributed by atoms with van der Waals surface area (Å²) in [5.41, 5.74) is 3.29. The SMILES string of the molecule is Cc1cc(C(O)C2CC3CCC2C3)c(C)cc1Cl. The third-order valence-corrected chi connectivity index (χ3v) is 5.47. The van der Waals surface area contributed by atoms with Crippen molar-refractivity contribution in [2.24, 2.45) is 17.8 Å². The van der Waals surface area contributed by atoms with Gasteiger partial charge in [-0.3, -0.25) is 0 Å². The first-order valence-electron chi connectivity index (χ1n) is 7.01. The molecule has 2 fully saturated rings. The Kier molecular flexibility index (Phi) is 3.15. The molecule has 0 aromatic heterocycles. The molecule has 0 aliphatic heterocycles. The van der Waals surface area contributed by atoms with E-state index in [9.17, 15) is 5.11 Å². The molecule has 0 spiro atoms. The fraction of sp³-hybridized carbons (Fsp3) is 0.625. The topological polar surface area (TPSA) is 20.2 Å². The molecule has 1 N–H and O–H groups in total. The van der Waals surface area contributed by atoms with Gasteiger partial charge in [0, 0.05) is 5.02 Å². The maximum absolute atomic E-state index is 10.7. The van der Waals surface area contributed by atoms with E-state index in [2.05, 4.69) is 13.0 Å². The van der Waals surface area contributed by atoms with Crippen molar-refractivity contribution in [2.75, 3.05) is 0 Å². The molecule has 0 amide bonds. The van der Waals surface area contributed by atoms with E-state index in [0.717, 1.165) is 33.5 Å². The van der Waals surface area contributed by atoms with Crippen molar-refractivity contribution in [3.63, 3.8) is 0 Å². The smallest absolute Gasteiger partial charge is 0.0823 e. The fourth-order valence-electron chi connectivity index (χ4n) is 4.03. The molecule has 3 rings (SSSR count). The number of hydrogen-bond donors (Lipinski definition) is 1. The maximum atomic E-state index is 10.7. The number of benzene rings is 1. The summed E-state index contributed by atoms with van der Waals surface area (Å²) in [5, 5.41) is 11.5. The van der Waals surface area contributed by atoms with Gasteiger partial charge in [0.05, 0.1) is 6.10 Å². The van der Waals surface area contributed by atoms with Gasteiger partial charge < -0.3 is 5.11 Å². The lowest BCUT2D eigenvalue weighted by Gasteiger charge is -2.28. The lowest BCUT2D eigenvalue weighted by atomic mass is 9.81. The zero-order chi connectivity index (χ0) is 12.9. The highest BCUT2D eigenvalue weighted by Gasteiger charge is 2.43. The van der Waals surface area contributed by atoms with Crippen LogP contribution >= 0.6 is 11.6 Å². The van der Waals surface area contributed by atoms with Gasteiger partial charge in [0.1, 0.15) is 0 Å². The standard InChI is InChI=1S/C16H21ClO/c1-9-6-15(17)10(2)5-13(9)16(18)14-8-11-3-4-12(14)7-11/h5-6,11-12,14,16,18H,3-4,7-8H2,1-2H3. The first-order chi connectivity index (χ1) is 8.56. The van der Waals surface area contributed by atoms with Gasteiger partial charge in [-0.1, -0.05) is 24.1 Å². The van der Waals surface area contributed by atoms with Gasteiger partial charge in [-0.25, -0.2) is 0 Å². The Morgan fingerprint density at radius 1 is 1.17 bits per heavy atom. The molecule has 4 unspecified atom stereocenters. The Morgan fingerprint density at radius 3 is 2.56 bits per heavy atom. The van der Waals surface area contributed by atoms with Gasteiger partial charge >= 0.3 is 0 Å². The highest BCUT2D eigenvalue weighted by Crippen LogP contribution is 2.52. The highest BCUT2D eigenvalue weighted by atomic mass is 35.5. The van der Waals surface area contributed by atoms with Crippen LogP contribution in [-0.4, -0.2) is 5.11 Å². The Labute approximate surface area is 114 Å². The van der Waals surface area contributed by atoms with Crippen molar-refractivity contribution in [1.82, 2.24) is 0 Å². The van der Waals surface area contributed by atoms with Gasteiger partial charge in [-0.15, -0.1) is 0 Å². The Bertz CT molecular complexity index is 468. The van der Waals surface area contributed by atoms with Crippen LogP contribution in [0, 0.1) is 31.6 Å². The molecule has 2 bridgehead atoms. The second-order valence-corrected chi connectivity index (χ2v) is 6.65. The molecule has 0 radical (unpaired) electrons. The molecule has 1 aromatic carbocycles. The molecule has 2 saturated carbocycles. The fourth-order valence-corrected chi connectivity index (χ4v) is 4.25. The molecule has 2 aliphatic carbocycles. The Balaban J connectivity index is 1.88. The molecule has 2 aliphatic rings. The number of rotatable bonds is 2. The predicted molar refractivity (Wildman–Crippen MR) is 74.8 cm³/mol. The van der Waals surface area contributed by atoms with Crippen molar-refractivity contribution < 1.29 is 5.11 Å². The minimum atomic E-state index is -0.295. The van der Waals surface area contributed by atoms with Crippen LogP contribution in [0.15, 0.2) is 12.1 Å². The summed E-state index contributed by atoms with van der Waals surface area (Å²) in [7, 11) is 0. The second kappa shape index (κ2) is 4.54. The maximum Gasteiger partial charge on any atom is 0.0823 e. The Morgan fingerprint density at radius 2 is 1.94 bits per heavy atom. The van der Waals surface area contributed by atoms with Gasteiger partial charge in [-0.05, 0) is 73.6 Å². The molecule has 2 heteroatoms. The third-order valence-electron chi connectivity index (χ3n) is 5.06. The van der Waals surface area contributed by atoms with Crippen molar-refractivity contribution >= 4 is 11.6 Å². The van der Waals surface area contributed by atoms with Crippen LogP contribution in [0.25, 0.3) is 0 Å². The zero-order valence-corrected chi connectivity index (χ0v) is 11.9. The number of aliphatic hydroxyl groups is 1. The molecule has 18 heavy (non-hydrogen) atoms. The van der Waals surface area contributed by atoms with Crippen molar-refractivity contribution in [3.05, 3.63) is 33.8 Å². The van der Waals surface area contributed by atoms with E-state index in [4.69, 9.17) is 11.6 Å². The summed E-state index contributed by atoms with van der Waals surface area (Å²) in [6.07, 6.45) is 4.96. The van der Waals surface area contributed by atoms with Gasteiger partial charge in [0.15, 0.2) is 0 Å². The van der Waals surface area contributed by atoms with Crippen LogP contribution in [0.4, 0.5) is 0 Å². The molecule has 98 valence electrons. The number of halogens is 1. The number of aryl methyl sites for hydroxylation is 2. The summed E-state index contributed by atoms with van der Waals surface area (Å²) >= 11 is 6.13. The minimum absolute atomic E-state index is 0.295. The largest absolute Gasteiger partial charge is 0.388 e. The van der Waals surface area contributed by atoms with Crippen LogP contribution < -0.4 is 0 Å². The lowest BCUT2D eigenvalue weighted by Crippen LogP contribution is -2.20. The van der Waals surface area contributed by atoms with E-state index in [1.165, 1.54) is 25.7 Å². The lowest BCUT2D eigenvalue weighted by molar-refractivity contribution is 0.0740. The van der Waals surface area contributed by atoms with Crippen LogP contribution in [0.5, 0.6) is 0 Å². The summed E-state index contributed by atoms with van der Waals surface area (Å²) < 4.78 is 0. The van der Waals surface area contributed by atoms with Crippen LogP contribution in [-0.2, 0) is 0 Å². The molecule has 1 nitrogen and oxygen atoms in total. The first kappa shape index (κ1) is 12.5. The summed E-state index contributed by atoms with van der Waals surface area (Å²) in [6, 6.07) is 4.07. The average molecular weight is 265 g/mol. The van der Waals surface area contributed by atoms with Gasteiger partial charge in [0.25, 0.3) is 0 Å². The second-order valence-electron chi connectivity index (χ2n) is 6.24. The van der Waals surface area contributed by atoms with Crippen LogP contribution in [0.1, 0.15) is 48.5 Å². The molecule has 4 atom stereocenters. The number of aliphatic hydroxyl groups excluding tert-OH is 1.